The van der Waals surface area contributed by atoms with Crippen LogP contribution in [0.3, 0.4) is 0 Å². The highest BCUT2D eigenvalue weighted by Crippen LogP contribution is 2.20. The van der Waals surface area contributed by atoms with Gasteiger partial charge in [0.2, 0.25) is 5.91 Å². The maximum absolute atomic E-state index is 10.8. The lowest BCUT2D eigenvalue weighted by molar-refractivity contribution is -0.117. The second kappa shape index (κ2) is 4.80. The van der Waals surface area contributed by atoms with Crippen LogP contribution in [0.5, 0.6) is 0 Å². The molecule has 0 fully saturated rings. The van der Waals surface area contributed by atoms with Crippen molar-refractivity contribution in [3.05, 3.63) is 19.0 Å². The fourth-order valence-electron chi connectivity index (χ4n) is 0.816. The van der Waals surface area contributed by atoms with E-state index in [-0.39, 0.29) is 11.2 Å². The van der Waals surface area contributed by atoms with E-state index in [1.54, 1.807) is 23.9 Å². The zero-order valence-electron chi connectivity index (χ0n) is 7.88. The first kappa shape index (κ1) is 10.8. The molecule has 1 heterocycles. The molecule has 1 unspecified atom stereocenters. The average Bonchev–Trinajstić information content (AvgIpc) is 2.53. The van der Waals surface area contributed by atoms with E-state index in [0.29, 0.717) is 11.7 Å². The highest BCUT2D eigenvalue weighted by molar-refractivity contribution is 8.00. The predicted molar refractivity (Wildman–Crippen MR) is 54.7 cm³/mol. The zero-order valence-corrected chi connectivity index (χ0v) is 8.70. The molecular weight excluding hydrogens is 200 g/mol. The molecule has 14 heavy (non-hydrogen) atoms. The lowest BCUT2D eigenvalue weighted by Crippen LogP contribution is -2.23. The number of hydrogen-bond donors (Lipinski definition) is 1. The number of nitrogens with zero attached hydrogens (tertiary/aromatic N) is 3. The standard InChI is InChI=1S/C8H12N4OS/c1-3-4-12-5-10-11-8(12)14-6(2)7(9)13/h3,5-6H,1,4H2,2H3,(H2,9,13). The normalized spacial score (nSPS) is 12.4. The number of primary amides is 1. The number of carbonyl (C=O) groups excluding carboxylic acids is 1. The van der Waals surface area contributed by atoms with Gasteiger partial charge in [0.15, 0.2) is 5.16 Å². The third kappa shape index (κ3) is 2.59. The first-order valence-electron chi connectivity index (χ1n) is 4.09. The van der Waals surface area contributed by atoms with Crippen molar-refractivity contribution in [1.82, 2.24) is 14.8 Å². The third-order valence-electron chi connectivity index (χ3n) is 1.59. The van der Waals surface area contributed by atoms with Crippen molar-refractivity contribution in [2.75, 3.05) is 0 Å². The first-order chi connectivity index (χ1) is 6.65. The van der Waals surface area contributed by atoms with Crippen molar-refractivity contribution < 1.29 is 4.79 Å². The van der Waals surface area contributed by atoms with E-state index in [0.717, 1.165) is 0 Å². The fraction of sp³-hybridized carbons (Fsp3) is 0.375. The number of hydrogen-bond acceptors (Lipinski definition) is 4. The molecule has 1 atom stereocenters. The maximum Gasteiger partial charge on any atom is 0.230 e. The minimum absolute atomic E-state index is 0.303. The van der Waals surface area contributed by atoms with Gasteiger partial charge in [0.05, 0.1) is 5.25 Å². The molecule has 0 spiro atoms. The molecule has 1 rings (SSSR count). The largest absolute Gasteiger partial charge is 0.369 e. The van der Waals surface area contributed by atoms with Crippen LogP contribution in [0.4, 0.5) is 0 Å². The van der Waals surface area contributed by atoms with Crippen LogP contribution in [0.2, 0.25) is 0 Å². The Morgan fingerprint density at radius 3 is 3.21 bits per heavy atom. The zero-order chi connectivity index (χ0) is 10.6. The Kier molecular flexibility index (Phi) is 3.70. The van der Waals surface area contributed by atoms with Gasteiger partial charge in [0, 0.05) is 6.54 Å². The number of thioether (sulfide) groups is 1. The number of aromatic nitrogens is 3. The molecule has 0 aromatic carbocycles. The maximum atomic E-state index is 10.8. The van der Waals surface area contributed by atoms with E-state index >= 15 is 0 Å². The van der Waals surface area contributed by atoms with Crippen molar-refractivity contribution in [3.8, 4) is 0 Å². The molecule has 0 saturated carbocycles. The SMILES string of the molecule is C=CCn1cnnc1SC(C)C(N)=O. The summed E-state index contributed by atoms with van der Waals surface area (Å²) in [5.41, 5.74) is 5.14. The molecule has 1 amide bonds. The van der Waals surface area contributed by atoms with Crippen molar-refractivity contribution in [2.45, 2.75) is 23.9 Å². The lowest BCUT2D eigenvalue weighted by Gasteiger charge is -2.06. The van der Waals surface area contributed by atoms with Crippen LogP contribution in [0.25, 0.3) is 0 Å². The van der Waals surface area contributed by atoms with Gasteiger partial charge in [-0.1, -0.05) is 17.8 Å². The van der Waals surface area contributed by atoms with E-state index in [9.17, 15) is 4.79 Å². The van der Waals surface area contributed by atoms with E-state index in [4.69, 9.17) is 5.73 Å². The van der Waals surface area contributed by atoms with Crippen LogP contribution in [0.1, 0.15) is 6.92 Å². The van der Waals surface area contributed by atoms with Crippen molar-refractivity contribution in [2.24, 2.45) is 5.73 Å². The molecule has 0 aliphatic rings. The average molecular weight is 212 g/mol. The quantitative estimate of drug-likeness (QED) is 0.567. The van der Waals surface area contributed by atoms with Gasteiger partial charge in [0.1, 0.15) is 6.33 Å². The molecule has 1 aromatic rings. The predicted octanol–water partition coefficient (Wildman–Crippen LogP) is 0.430. The van der Waals surface area contributed by atoms with Crippen molar-refractivity contribution in [1.29, 1.82) is 0 Å². The Morgan fingerprint density at radius 2 is 2.64 bits per heavy atom. The Bertz CT molecular complexity index is 336. The second-order valence-corrected chi connectivity index (χ2v) is 4.02. The fourth-order valence-corrected chi connectivity index (χ4v) is 1.60. The van der Waals surface area contributed by atoms with Gasteiger partial charge in [0.25, 0.3) is 0 Å². The molecule has 0 aliphatic carbocycles. The summed E-state index contributed by atoms with van der Waals surface area (Å²) < 4.78 is 1.80. The molecule has 6 heteroatoms. The van der Waals surface area contributed by atoms with Crippen LogP contribution >= 0.6 is 11.8 Å². The molecule has 2 N–H and O–H groups in total. The summed E-state index contributed by atoms with van der Waals surface area (Å²) in [4.78, 5) is 10.8. The Balaban J connectivity index is 2.70. The van der Waals surface area contributed by atoms with Gasteiger partial charge in [-0.2, -0.15) is 0 Å². The third-order valence-corrected chi connectivity index (χ3v) is 2.70. The summed E-state index contributed by atoms with van der Waals surface area (Å²) in [7, 11) is 0. The summed E-state index contributed by atoms with van der Waals surface area (Å²) in [6, 6.07) is 0. The van der Waals surface area contributed by atoms with Gasteiger partial charge in [-0.15, -0.1) is 16.8 Å². The van der Waals surface area contributed by atoms with Crippen LogP contribution in [-0.4, -0.2) is 25.9 Å². The number of rotatable bonds is 5. The van der Waals surface area contributed by atoms with Gasteiger partial charge in [-0.25, -0.2) is 0 Å². The molecule has 0 saturated heterocycles. The Labute approximate surface area is 86.4 Å². The Morgan fingerprint density at radius 1 is 1.93 bits per heavy atom. The van der Waals surface area contributed by atoms with Crippen LogP contribution in [-0.2, 0) is 11.3 Å². The topological polar surface area (TPSA) is 73.8 Å². The monoisotopic (exact) mass is 212 g/mol. The van der Waals surface area contributed by atoms with Crippen LogP contribution in [0.15, 0.2) is 24.1 Å². The van der Waals surface area contributed by atoms with E-state index in [1.165, 1.54) is 11.8 Å². The highest BCUT2D eigenvalue weighted by atomic mass is 32.2. The number of carbonyl (C=O) groups is 1. The van der Waals surface area contributed by atoms with E-state index < -0.39 is 0 Å². The minimum atomic E-state index is -0.358. The van der Waals surface area contributed by atoms with Crippen LogP contribution < -0.4 is 5.73 Å². The number of nitrogens with two attached hydrogens (primary N) is 1. The summed E-state index contributed by atoms with van der Waals surface area (Å²) in [6.07, 6.45) is 3.33. The van der Waals surface area contributed by atoms with E-state index in [1.807, 2.05) is 0 Å². The highest BCUT2D eigenvalue weighted by Gasteiger charge is 2.14. The van der Waals surface area contributed by atoms with Crippen molar-refractivity contribution >= 4 is 17.7 Å². The number of allylic oxidation sites excluding steroid dienone is 1. The summed E-state index contributed by atoms with van der Waals surface area (Å²) in [6.45, 7) is 5.98. The smallest absolute Gasteiger partial charge is 0.230 e. The summed E-state index contributed by atoms with van der Waals surface area (Å²) >= 11 is 1.29. The first-order valence-corrected chi connectivity index (χ1v) is 4.97. The Hall–Kier alpha value is -1.30. The van der Waals surface area contributed by atoms with Gasteiger partial charge < -0.3 is 10.3 Å². The van der Waals surface area contributed by atoms with Crippen molar-refractivity contribution in [3.63, 3.8) is 0 Å². The molecule has 5 nitrogen and oxygen atoms in total. The second-order valence-electron chi connectivity index (χ2n) is 2.72. The number of amides is 1. The molecule has 1 aromatic heterocycles. The molecule has 0 bridgehead atoms. The summed E-state index contributed by atoms with van der Waals surface area (Å²) in [5.74, 6) is -0.358. The minimum Gasteiger partial charge on any atom is -0.369 e. The molecular formula is C8H12N4OS. The van der Waals surface area contributed by atoms with E-state index in [2.05, 4.69) is 16.8 Å². The molecule has 0 radical (unpaired) electrons. The summed E-state index contributed by atoms with van der Waals surface area (Å²) in [5, 5.41) is 8.00. The molecule has 76 valence electrons. The van der Waals surface area contributed by atoms with Gasteiger partial charge >= 0.3 is 0 Å². The lowest BCUT2D eigenvalue weighted by atomic mass is 10.5. The van der Waals surface area contributed by atoms with Gasteiger partial charge in [-0.05, 0) is 6.92 Å². The van der Waals surface area contributed by atoms with Gasteiger partial charge in [-0.3, -0.25) is 4.79 Å². The van der Waals surface area contributed by atoms with Crippen LogP contribution in [0, 0.1) is 0 Å². The molecule has 0 aliphatic heterocycles.